The minimum absolute atomic E-state index is 0.0580. The van der Waals surface area contributed by atoms with Crippen LogP contribution in [0.1, 0.15) is 44.6 Å². The van der Waals surface area contributed by atoms with Gasteiger partial charge >= 0.3 is 12.1 Å². The number of hydrogen-bond acceptors (Lipinski definition) is 5. The molecule has 1 saturated carbocycles. The van der Waals surface area contributed by atoms with Gasteiger partial charge in [-0.3, -0.25) is 9.69 Å². The quantitative estimate of drug-likeness (QED) is 0.564. The molecule has 1 heterocycles. The number of esters is 1. The van der Waals surface area contributed by atoms with Gasteiger partial charge in [-0.1, -0.05) is 6.42 Å². The first kappa shape index (κ1) is 18.4. The summed E-state index contributed by atoms with van der Waals surface area (Å²) < 4.78 is 4.88. The summed E-state index contributed by atoms with van der Waals surface area (Å²) >= 11 is 0. The van der Waals surface area contributed by atoms with Gasteiger partial charge in [0.15, 0.2) is 0 Å². The van der Waals surface area contributed by atoms with Gasteiger partial charge in [-0.15, -0.1) is 0 Å². The normalized spacial score (nSPS) is 25.3. The number of carbonyl (C=O) groups excluding carboxylic acids is 1. The van der Waals surface area contributed by atoms with Crippen molar-refractivity contribution in [3.05, 3.63) is 17.7 Å². The highest BCUT2D eigenvalue weighted by Crippen LogP contribution is 2.39. The molecular formula is C19H27N3O4. The topological polar surface area (TPSA) is 105 Å². The van der Waals surface area contributed by atoms with Crippen molar-refractivity contribution in [1.82, 2.24) is 0 Å². The molecule has 0 saturated heterocycles. The molecule has 3 atom stereocenters. The Hall–Kier alpha value is -2.44. The third kappa shape index (κ3) is 3.43. The number of nitrogens with two attached hydrogens (primary N) is 1. The molecule has 0 spiro atoms. The van der Waals surface area contributed by atoms with Gasteiger partial charge in [0.05, 0.1) is 30.1 Å². The van der Waals surface area contributed by atoms with E-state index < -0.39 is 6.09 Å². The summed E-state index contributed by atoms with van der Waals surface area (Å²) in [7, 11) is 1.43. The second-order valence-electron chi connectivity index (χ2n) is 7.29. The Morgan fingerprint density at radius 2 is 2.08 bits per heavy atom. The number of nitrogen functional groups attached to an aromatic ring is 1. The van der Waals surface area contributed by atoms with Crippen LogP contribution in [0.3, 0.4) is 0 Å². The Balaban J connectivity index is 1.80. The van der Waals surface area contributed by atoms with Crippen LogP contribution in [0, 0.1) is 5.92 Å². The largest absolute Gasteiger partial charge is 0.469 e. The summed E-state index contributed by atoms with van der Waals surface area (Å²) in [4.78, 5) is 24.8. The summed E-state index contributed by atoms with van der Waals surface area (Å²) in [6.45, 7) is 1.91. The molecular weight excluding hydrogens is 334 g/mol. The zero-order chi connectivity index (χ0) is 18.8. The van der Waals surface area contributed by atoms with E-state index in [0.717, 1.165) is 49.8 Å². The van der Waals surface area contributed by atoms with Crippen molar-refractivity contribution in [2.24, 2.45) is 5.92 Å². The number of methoxy groups -OCH3 is 1. The van der Waals surface area contributed by atoms with Gasteiger partial charge in [0.25, 0.3) is 0 Å². The second-order valence-corrected chi connectivity index (χ2v) is 7.29. The predicted octanol–water partition coefficient (Wildman–Crippen LogP) is 3.23. The van der Waals surface area contributed by atoms with E-state index in [4.69, 9.17) is 10.5 Å². The van der Waals surface area contributed by atoms with Gasteiger partial charge < -0.3 is 20.9 Å². The van der Waals surface area contributed by atoms with Crippen molar-refractivity contribution in [3.8, 4) is 0 Å². The van der Waals surface area contributed by atoms with Crippen LogP contribution in [-0.2, 0) is 16.0 Å². The highest BCUT2D eigenvalue weighted by atomic mass is 16.5. The molecule has 0 bridgehead atoms. The average molecular weight is 361 g/mol. The molecule has 1 aromatic rings. The minimum Gasteiger partial charge on any atom is -0.469 e. The number of carbonyl (C=O) groups is 2. The molecule has 1 fully saturated rings. The molecule has 26 heavy (non-hydrogen) atoms. The lowest BCUT2D eigenvalue weighted by Gasteiger charge is -2.35. The van der Waals surface area contributed by atoms with E-state index in [1.807, 2.05) is 19.1 Å². The summed E-state index contributed by atoms with van der Waals surface area (Å²) in [5.41, 5.74) is 9.37. The fourth-order valence-corrected chi connectivity index (χ4v) is 4.20. The number of anilines is 3. The van der Waals surface area contributed by atoms with Gasteiger partial charge in [-0.25, -0.2) is 4.79 Å². The predicted molar refractivity (Wildman–Crippen MR) is 101 cm³/mol. The number of nitrogens with one attached hydrogen (secondary N) is 1. The Bertz CT molecular complexity index is 706. The van der Waals surface area contributed by atoms with E-state index in [-0.39, 0.29) is 24.0 Å². The number of nitrogens with zero attached hydrogens (tertiary/aromatic N) is 1. The summed E-state index contributed by atoms with van der Waals surface area (Å²) in [6.07, 6.45) is 4.08. The fourth-order valence-electron chi connectivity index (χ4n) is 4.20. The fraction of sp³-hybridized carbons (Fsp3) is 0.579. The van der Waals surface area contributed by atoms with E-state index in [1.54, 1.807) is 0 Å². The van der Waals surface area contributed by atoms with Crippen molar-refractivity contribution in [1.29, 1.82) is 0 Å². The molecule has 1 aliphatic heterocycles. The van der Waals surface area contributed by atoms with Gasteiger partial charge in [-0.05, 0) is 51.2 Å². The van der Waals surface area contributed by atoms with E-state index in [2.05, 4.69) is 5.32 Å². The van der Waals surface area contributed by atoms with Gasteiger partial charge in [-0.2, -0.15) is 0 Å². The lowest BCUT2D eigenvalue weighted by molar-refractivity contribution is -0.146. The maximum Gasteiger partial charge on any atom is 0.412 e. The molecule has 7 heteroatoms. The van der Waals surface area contributed by atoms with Crippen LogP contribution >= 0.6 is 0 Å². The Morgan fingerprint density at radius 1 is 1.31 bits per heavy atom. The summed E-state index contributed by atoms with van der Waals surface area (Å²) in [5, 5.41) is 13.0. The van der Waals surface area contributed by atoms with Crippen molar-refractivity contribution >= 4 is 29.1 Å². The maximum absolute atomic E-state index is 11.8. The van der Waals surface area contributed by atoms with E-state index in [0.29, 0.717) is 11.4 Å². The maximum atomic E-state index is 11.8. The number of hydrogen-bond donors (Lipinski definition) is 3. The monoisotopic (exact) mass is 361 g/mol. The highest BCUT2D eigenvalue weighted by Gasteiger charge is 2.31. The van der Waals surface area contributed by atoms with E-state index in [9.17, 15) is 14.7 Å². The first-order valence-corrected chi connectivity index (χ1v) is 9.20. The standard InChI is InChI=1S/C19H27N3O4/c1-11-6-7-14-16(22(11)19(24)25)9-8-15(17(14)20)21-13-5-3-4-12(10-13)18(23)26-2/h8-9,11-13,21H,3-7,10,20H2,1-2H3,(H,24,25)/t11-,12?,13?/m0/s1. The highest BCUT2D eigenvalue weighted by molar-refractivity contribution is 5.92. The first-order valence-electron chi connectivity index (χ1n) is 9.20. The molecule has 7 nitrogen and oxygen atoms in total. The lowest BCUT2D eigenvalue weighted by Crippen LogP contribution is -2.41. The van der Waals surface area contributed by atoms with E-state index in [1.165, 1.54) is 12.0 Å². The molecule has 2 aliphatic rings. The molecule has 3 rings (SSSR count). The molecule has 2 unspecified atom stereocenters. The Kier molecular flexibility index (Phi) is 5.25. The number of ether oxygens (including phenoxy) is 1. The molecule has 4 N–H and O–H groups in total. The van der Waals surface area contributed by atoms with Crippen LogP contribution in [0.5, 0.6) is 0 Å². The third-order valence-corrected chi connectivity index (χ3v) is 5.62. The zero-order valence-corrected chi connectivity index (χ0v) is 15.3. The molecule has 1 aromatic carbocycles. The number of benzene rings is 1. The van der Waals surface area contributed by atoms with Crippen LogP contribution in [-0.4, -0.2) is 36.4 Å². The molecule has 0 radical (unpaired) electrons. The molecule has 142 valence electrons. The van der Waals surface area contributed by atoms with Gasteiger partial charge in [0.1, 0.15) is 0 Å². The van der Waals surface area contributed by atoms with Crippen LogP contribution in [0.4, 0.5) is 21.9 Å². The van der Waals surface area contributed by atoms with Crippen LogP contribution in [0.25, 0.3) is 0 Å². The number of fused-ring (bicyclic) bond motifs is 1. The van der Waals surface area contributed by atoms with Gasteiger partial charge in [0, 0.05) is 17.6 Å². The van der Waals surface area contributed by atoms with Gasteiger partial charge in [0.2, 0.25) is 0 Å². The minimum atomic E-state index is -0.952. The lowest BCUT2D eigenvalue weighted by atomic mass is 9.85. The summed E-state index contributed by atoms with van der Waals surface area (Å²) in [6, 6.07) is 3.78. The van der Waals surface area contributed by atoms with Crippen molar-refractivity contribution in [3.63, 3.8) is 0 Å². The molecule has 0 aromatic heterocycles. The van der Waals surface area contributed by atoms with E-state index >= 15 is 0 Å². The first-order chi connectivity index (χ1) is 12.4. The summed E-state index contributed by atoms with van der Waals surface area (Å²) in [5.74, 6) is -0.227. The number of rotatable bonds is 3. The van der Waals surface area contributed by atoms with Crippen molar-refractivity contribution in [2.75, 3.05) is 23.1 Å². The molecule has 1 aliphatic carbocycles. The van der Waals surface area contributed by atoms with Crippen molar-refractivity contribution in [2.45, 2.75) is 57.5 Å². The zero-order valence-electron chi connectivity index (χ0n) is 15.3. The van der Waals surface area contributed by atoms with Crippen LogP contribution in [0.15, 0.2) is 12.1 Å². The Morgan fingerprint density at radius 3 is 2.77 bits per heavy atom. The van der Waals surface area contributed by atoms with Crippen molar-refractivity contribution < 1.29 is 19.4 Å². The third-order valence-electron chi connectivity index (χ3n) is 5.62. The average Bonchev–Trinajstić information content (AvgIpc) is 2.63. The SMILES string of the molecule is COC(=O)C1CCCC(Nc2ccc3c(c2N)CC[C@H](C)N3C(=O)O)C1. The molecule has 1 amide bonds. The second kappa shape index (κ2) is 7.43. The smallest absolute Gasteiger partial charge is 0.412 e. The Labute approximate surface area is 153 Å². The number of amides is 1. The van der Waals surface area contributed by atoms with Crippen LogP contribution < -0.4 is 16.0 Å². The van der Waals surface area contributed by atoms with Crippen LogP contribution in [0.2, 0.25) is 0 Å². The number of carboxylic acid groups (broad SMARTS) is 1.